The number of fused-ring (bicyclic) bond motifs is 1. The molecule has 5 rings (SSSR count). The number of carbonyl (C=O) groups excluding carboxylic acids is 2. The molecule has 1 fully saturated rings. The zero-order valence-corrected chi connectivity index (χ0v) is 17.8. The fourth-order valence-electron chi connectivity index (χ4n) is 4.25. The normalized spacial score (nSPS) is 15.4. The number of anilines is 2. The van der Waals surface area contributed by atoms with Crippen LogP contribution in [0.1, 0.15) is 21.6 Å². The molecule has 32 heavy (non-hydrogen) atoms. The van der Waals surface area contributed by atoms with Gasteiger partial charge < -0.3 is 20.0 Å². The molecule has 0 aliphatic carbocycles. The molecule has 162 valence electrons. The Labute approximate surface area is 187 Å². The minimum Gasteiger partial charge on any atom is -0.368 e. The summed E-state index contributed by atoms with van der Waals surface area (Å²) in [5, 5.41) is 3.00. The van der Waals surface area contributed by atoms with Crippen LogP contribution in [0.3, 0.4) is 0 Å². The van der Waals surface area contributed by atoms with E-state index in [1.165, 1.54) is 11.1 Å². The van der Waals surface area contributed by atoms with Crippen molar-refractivity contribution in [1.29, 1.82) is 0 Å². The highest BCUT2D eigenvalue weighted by Gasteiger charge is 2.24. The van der Waals surface area contributed by atoms with Crippen molar-refractivity contribution in [1.82, 2.24) is 14.8 Å². The molecule has 2 aliphatic rings. The molecule has 0 saturated carbocycles. The lowest BCUT2D eigenvalue weighted by molar-refractivity contribution is 0.0741. The summed E-state index contributed by atoms with van der Waals surface area (Å²) in [4.78, 5) is 35.3. The fraction of sp³-hybridized carbons (Fsp3) is 0.240. The van der Waals surface area contributed by atoms with Crippen LogP contribution in [0.15, 0.2) is 72.9 Å². The third-order valence-electron chi connectivity index (χ3n) is 6.06. The molecule has 0 spiro atoms. The SMILES string of the molecule is O=C(Nc1ccc(N2CCN(C(=O)c3ccccn3)CC2)cc1)N1Cc2ccccc2C1. The Kier molecular flexibility index (Phi) is 5.46. The summed E-state index contributed by atoms with van der Waals surface area (Å²) in [5.41, 5.74) is 4.76. The summed E-state index contributed by atoms with van der Waals surface area (Å²) in [5.74, 6) is -0.0210. The van der Waals surface area contributed by atoms with Gasteiger partial charge in [0.05, 0.1) is 0 Å². The van der Waals surface area contributed by atoms with Gasteiger partial charge in [-0.2, -0.15) is 0 Å². The maximum absolute atomic E-state index is 12.6. The molecule has 7 heteroatoms. The van der Waals surface area contributed by atoms with E-state index in [2.05, 4.69) is 27.3 Å². The lowest BCUT2D eigenvalue weighted by Gasteiger charge is -2.36. The van der Waals surface area contributed by atoms with Gasteiger partial charge in [0, 0.05) is 56.8 Å². The predicted octanol–water partition coefficient (Wildman–Crippen LogP) is 3.59. The molecule has 0 atom stereocenters. The van der Waals surface area contributed by atoms with Crippen molar-refractivity contribution in [3.8, 4) is 0 Å². The highest BCUT2D eigenvalue weighted by Crippen LogP contribution is 2.24. The third kappa shape index (κ3) is 4.14. The number of benzene rings is 2. The Balaban J connectivity index is 1.15. The van der Waals surface area contributed by atoms with Crippen molar-refractivity contribution < 1.29 is 9.59 Å². The number of hydrogen-bond donors (Lipinski definition) is 1. The number of pyridine rings is 1. The van der Waals surface area contributed by atoms with E-state index in [0.29, 0.717) is 31.9 Å². The van der Waals surface area contributed by atoms with Crippen LogP contribution in [-0.2, 0) is 13.1 Å². The Bertz CT molecular complexity index is 1080. The van der Waals surface area contributed by atoms with E-state index < -0.39 is 0 Å². The van der Waals surface area contributed by atoms with Gasteiger partial charge in [-0.15, -0.1) is 0 Å². The summed E-state index contributed by atoms with van der Waals surface area (Å²) in [6.07, 6.45) is 1.65. The van der Waals surface area contributed by atoms with Crippen molar-refractivity contribution in [2.75, 3.05) is 36.4 Å². The quantitative estimate of drug-likeness (QED) is 0.694. The second-order valence-electron chi connectivity index (χ2n) is 8.10. The largest absolute Gasteiger partial charge is 0.368 e. The lowest BCUT2D eigenvalue weighted by Crippen LogP contribution is -2.49. The second-order valence-corrected chi connectivity index (χ2v) is 8.10. The van der Waals surface area contributed by atoms with Gasteiger partial charge in [-0.25, -0.2) is 4.79 Å². The zero-order chi connectivity index (χ0) is 21.9. The van der Waals surface area contributed by atoms with Crippen LogP contribution in [-0.4, -0.2) is 52.9 Å². The third-order valence-corrected chi connectivity index (χ3v) is 6.06. The fourth-order valence-corrected chi connectivity index (χ4v) is 4.25. The standard InChI is InChI=1S/C25H25N5O2/c31-24(23-7-3-4-12-26-23)29-15-13-28(14-16-29)22-10-8-21(9-11-22)27-25(32)30-17-19-5-1-2-6-20(19)18-30/h1-12H,13-18H2,(H,27,32). The van der Waals surface area contributed by atoms with Crippen molar-refractivity contribution in [2.45, 2.75) is 13.1 Å². The number of piperazine rings is 1. The molecule has 3 heterocycles. The molecule has 1 N–H and O–H groups in total. The van der Waals surface area contributed by atoms with Crippen LogP contribution in [0.4, 0.5) is 16.2 Å². The summed E-state index contributed by atoms with van der Waals surface area (Å²) in [6.45, 7) is 4.11. The maximum Gasteiger partial charge on any atom is 0.322 e. The van der Waals surface area contributed by atoms with E-state index in [9.17, 15) is 9.59 Å². The van der Waals surface area contributed by atoms with E-state index in [1.54, 1.807) is 12.3 Å². The number of hydrogen-bond acceptors (Lipinski definition) is 4. The van der Waals surface area contributed by atoms with E-state index in [4.69, 9.17) is 0 Å². The Hall–Kier alpha value is -3.87. The summed E-state index contributed by atoms with van der Waals surface area (Å²) in [6, 6.07) is 21.4. The maximum atomic E-state index is 12.6. The van der Waals surface area contributed by atoms with Crippen LogP contribution >= 0.6 is 0 Å². The van der Waals surface area contributed by atoms with Crippen LogP contribution < -0.4 is 10.2 Å². The monoisotopic (exact) mass is 427 g/mol. The molecule has 0 radical (unpaired) electrons. The number of rotatable bonds is 3. The van der Waals surface area contributed by atoms with Crippen LogP contribution in [0.2, 0.25) is 0 Å². The summed E-state index contributed by atoms with van der Waals surface area (Å²) < 4.78 is 0. The van der Waals surface area contributed by atoms with Crippen LogP contribution in [0.25, 0.3) is 0 Å². The minimum atomic E-state index is -0.0874. The van der Waals surface area contributed by atoms with Gasteiger partial charge in [-0.3, -0.25) is 9.78 Å². The zero-order valence-electron chi connectivity index (χ0n) is 17.8. The highest BCUT2D eigenvalue weighted by atomic mass is 16.2. The average Bonchev–Trinajstić information content (AvgIpc) is 3.29. The first-order chi connectivity index (χ1) is 15.7. The molecular weight excluding hydrogens is 402 g/mol. The topological polar surface area (TPSA) is 68.8 Å². The molecule has 1 aromatic heterocycles. The number of urea groups is 1. The predicted molar refractivity (Wildman–Crippen MR) is 124 cm³/mol. The number of amides is 3. The summed E-state index contributed by atoms with van der Waals surface area (Å²) >= 11 is 0. The van der Waals surface area contributed by atoms with Crippen molar-refractivity contribution >= 4 is 23.3 Å². The Morgan fingerprint density at radius 2 is 1.41 bits per heavy atom. The van der Waals surface area contributed by atoms with Gasteiger partial charge in [-0.1, -0.05) is 30.3 Å². The van der Waals surface area contributed by atoms with Crippen LogP contribution in [0.5, 0.6) is 0 Å². The Morgan fingerprint density at radius 1 is 0.750 bits per heavy atom. The molecule has 0 bridgehead atoms. The number of carbonyl (C=O) groups is 2. The first kappa shape index (κ1) is 20.1. The molecule has 7 nitrogen and oxygen atoms in total. The van der Waals surface area contributed by atoms with Crippen LogP contribution in [0, 0.1) is 0 Å². The molecule has 0 unspecified atom stereocenters. The minimum absolute atomic E-state index is 0.0210. The average molecular weight is 428 g/mol. The molecule has 2 aromatic carbocycles. The van der Waals surface area contributed by atoms with E-state index in [1.807, 2.05) is 58.3 Å². The first-order valence-corrected chi connectivity index (χ1v) is 10.9. The van der Waals surface area contributed by atoms with Gasteiger partial charge in [0.25, 0.3) is 5.91 Å². The van der Waals surface area contributed by atoms with Gasteiger partial charge in [0.15, 0.2) is 0 Å². The molecular formula is C25H25N5O2. The van der Waals surface area contributed by atoms with Gasteiger partial charge in [-0.05, 0) is 47.5 Å². The smallest absolute Gasteiger partial charge is 0.322 e. The van der Waals surface area contributed by atoms with Gasteiger partial charge in [0.1, 0.15) is 5.69 Å². The second kappa shape index (κ2) is 8.70. The van der Waals surface area contributed by atoms with Gasteiger partial charge in [0.2, 0.25) is 0 Å². The first-order valence-electron chi connectivity index (χ1n) is 10.9. The number of aromatic nitrogens is 1. The molecule has 3 aromatic rings. The van der Waals surface area contributed by atoms with Crippen molar-refractivity contribution in [2.24, 2.45) is 0 Å². The van der Waals surface area contributed by atoms with Crippen molar-refractivity contribution in [3.05, 3.63) is 89.7 Å². The number of nitrogens with one attached hydrogen (secondary N) is 1. The Morgan fingerprint density at radius 3 is 2.03 bits per heavy atom. The molecule has 3 amide bonds. The van der Waals surface area contributed by atoms with E-state index in [0.717, 1.165) is 24.5 Å². The lowest BCUT2D eigenvalue weighted by atomic mass is 10.1. The van der Waals surface area contributed by atoms with Crippen molar-refractivity contribution in [3.63, 3.8) is 0 Å². The number of nitrogens with zero attached hydrogens (tertiary/aromatic N) is 4. The highest BCUT2D eigenvalue weighted by molar-refractivity contribution is 5.92. The molecule has 1 saturated heterocycles. The van der Waals surface area contributed by atoms with E-state index in [-0.39, 0.29) is 11.9 Å². The van der Waals surface area contributed by atoms with E-state index >= 15 is 0 Å². The molecule has 2 aliphatic heterocycles. The van der Waals surface area contributed by atoms with Gasteiger partial charge >= 0.3 is 6.03 Å². The summed E-state index contributed by atoms with van der Waals surface area (Å²) in [7, 11) is 0.